The molecule has 1 aliphatic rings. The maximum atomic E-state index is 12.9. The van der Waals surface area contributed by atoms with Crippen molar-refractivity contribution in [3.63, 3.8) is 0 Å². The third kappa shape index (κ3) is 4.63. The molecule has 0 unspecified atom stereocenters. The van der Waals surface area contributed by atoms with Gasteiger partial charge in [0.1, 0.15) is 5.75 Å². The van der Waals surface area contributed by atoms with Crippen molar-refractivity contribution in [1.82, 2.24) is 5.32 Å². The SMILES string of the molecule is CCCCN(C(=O)N[C@H]1CC(=O)N(c2ccc(OC)cc2)C1)c1ccccc1. The molecule has 1 fully saturated rings. The van der Waals surface area contributed by atoms with Crippen LogP contribution < -0.4 is 19.9 Å². The Bertz CT molecular complexity index is 792. The summed E-state index contributed by atoms with van der Waals surface area (Å²) in [7, 11) is 1.61. The molecule has 0 aliphatic carbocycles. The van der Waals surface area contributed by atoms with Gasteiger partial charge in [0, 0.05) is 30.9 Å². The van der Waals surface area contributed by atoms with Crippen LogP contribution in [0.25, 0.3) is 0 Å². The quantitative estimate of drug-likeness (QED) is 0.793. The van der Waals surface area contributed by atoms with Crippen molar-refractivity contribution in [3.05, 3.63) is 54.6 Å². The molecule has 2 aromatic rings. The Kier molecular flexibility index (Phi) is 6.53. The van der Waals surface area contributed by atoms with Crippen LogP contribution >= 0.6 is 0 Å². The number of urea groups is 1. The maximum Gasteiger partial charge on any atom is 0.322 e. The van der Waals surface area contributed by atoms with E-state index in [0.717, 1.165) is 30.0 Å². The summed E-state index contributed by atoms with van der Waals surface area (Å²) in [6.07, 6.45) is 2.22. The first-order valence-corrected chi connectivity index (χ1v) is 9.70. The zero-order valence-corrected chi connectivity index (χ0v) is 16.4. The molecule has 1 aliphatic heterocycles. The molecule has 0 saturated carbocycles. The molecule has 0 spiro atoms. The van der Waals surface area contributed by atoms with Crippen LogP contribution in [0, 0.1) is 0 Å². The van der Waals surface area contributed by atoms with Crippen molar-refractivity contribution in [2.45, 2.75) is 32.2 Å². The van der Waals surface area contributed by atoms with Gasteiger partial charge in [0.05, 0.1) is 13.2 Å². The molecule has 3 amide bonds. The molecule has 1 atom stereocenters. The Morgan fingerprint density at radius 1 is 1.18 bits per heavy atom. The number of rotatable bonds is 7. The first kappa shape index (κ1) is 19.7. The lowest BCUT2D eigenvalue weighted by Crippen LogP contribution is -2.46. The van der Waals surface area contributed by atoms with Gasteiger partial charge in [-0.15, -0.1) is 0 Å². The summed E-state index contributed by atoms with van der Waals surface area (Å²) in [4.78, 5) is 28.8. The summed E-state index contributed by atoms with van der Waals surface area (Å²) in [5, 5.41) is 3.04. The number of nitrogens with one attached hydrogen (secondary N) is 1. The second kappa shape index (κ2) is 9.26. The Balaban J connectivity index is 1.66. The molecule has 1 saturated heterocycles. The maximum absolute atomic E-state index is 12.9. The largest absolute Gasteiger partial charge is 0.497 e. The van der Waals surface area contributed by atoms with Crippen LogP contribution in [0.15, 0.2) is 54.6 Å². The smallest absolute Gasteiger partial charge is 0.322 e. The molecule has 2 aromatic carbocycles. The number of benzene rings is 2. The molecule has 3 rings (SSSR count). The summed E-state index contributed by atoms with van der Waals surface area (Å²) in [5.41, 5.74) is 1.68. The molecule has 6 heteroatoms. The average molecular weight is 381 g/mol. The normalized spacial score (nSPS) is 16.1. The second-order valence-electron chi connectivity index (χ2n) is 6.89. The highest BCUT2D eigenvalue weighted by atomic mass is 16.5. The lowest BCUT2D eigenvalue weighted by molar-refractivity contribution is -0.117. The van der Waals surface area contributed by atoms with Crippen LogP contribution in [0.1, 0.15) is 26.2 Å². The van der Waals surface area contributed by atoms with Crippen LogP contribution in [-0.2, 0) is 4.79 Å². The number of unbranched alkanes of at least 4 members (excludes halogenated alkanes) is 1. The first-order valence-electron chi connectivity index (χ1n) is 9.70. The fraction of sp³-hybridized carbons (Fsp3) is 0.364. The van der Waals surface area contributed by atoms with E-state index in [2.05, 4.69) is 12.2 Å². The molecular formula is C22H27N3O3. The van der Waals surface area contributed by atoms with Gasteiger partial charge >= 0.3 is 6.03 Å². The molecule has 28 heavy (non-hydrogen) atoms. The summed E-state index contributed by atoms with van der Waals surface area (Å²) in [6.45, 7) is 3.21. The van der Waals surface area contributed by atoms with E-state index in [9.17, 15) is 9.59 Å². The Hall–Kier alpha value is -3.02. The molecule has 1 heterocycles. The first-order chi connectivity index (χ1) is 13.6. The molecular weight excluding hydrogens is 354 g/mol. The van der Waals surface area contributed by atoms with Crippen molar-refractivity contribution in [2.24, 2.45) is 0 Å². The lowest BCUT2D eigenvalue weighted by Gasteiger charge is -2.25. The summed E-state index contributed by atoms with van der Waals surface area (Å²) in [5.74, 6) is 0.755. The molecule has 0 radical (unpaired) electrons. The van der Waals surface area contributed by atoms with Gasteiger partial charge in [0.25, 0.3) is 0 Å². The number of carbonyl (C=O) groups is 2. The van der Waals surface area contributed by atoms with E-state index >= 15 is 0 Å². The monoisotopic (exact) mass is 381 g/mol. The number of anilines is 2. The standard InChI is InChI=1S/C22H27N3O3/c1-3-4-14-24(18-8-6-5-7-9-18)22(27)23-17-15-21(26)25(16-17)19-10-12-20(28-2)13-11-19/h5-13,17H,3-4,14-16H2,1-2H3,(H,23,27)/t17-/m0/s1. The molecule has 0 aromatic heterocycles. The van der Waals surface area contributed by atoms with Gasteiger partial charge < -0.3 is 15.0 Å². The van der Waals surface area contributed by atoms with Crippen molar-refractivity contribution in [2.75, 3.05) is 30.0 Å². The van der Waals surface area contributed by atoms with Crippen molar-refractivity contribution in [1.29, 1.82) is 0 Å². The summed E-state index contributed by atoms with van der Waals surface area (Å²) < 4.78 is 5.17. The second-order valence-corrected chi connectivity index (χ2v) is 6.89. The predicted octanol–water partition coefficient (Wildman–Crippen LogP) is 3.82. The summed E-state index contributed by atoms with van der Waals surface area (Å²) in [6, 6.07) is 16.6. The fourth-order valence-corrected chi connectivity index (χ4v) is 3.34. The van der Waals surface area contributed by atoms with E-state index < -0.39 is 0 Å². The number of hydrogen-bond donors (Lipinski definition) is 1. The predicted molar refractivity (Wildman–Crippen MR) is 111 cm³/mol. The van der Waals surface area contributed by atoms with E-state index in [-0.39, 0.29) is 18.0 Å². The lowest BCUT2D eigenvalue weighted by atomic mass is 10.2. The number of carbonyl (C=O) groups excluding carboxylic acids is 2. The Morgan fingerprint density at radius 3 is 2.54 bits per heavy atom. The molecule has 6 nitrogen and oxygen atoms in total. The Morgan fingerprint density at radius 2 is 1.89 bits per heavy atom. The minimum absolute atomic E-state index is 0.00952. The van der Waals surface area contributed by atoms with E-state index in [0.29, 0.717) is 19.5 Å². The number of methoxy groups -OCH3 is 1. The van der Waals surface area contributed by atoms with Gasteiger partial charge in [-0.1, -0.05) is 31.5 Å². The Labute approximate surface area is 166 Å². The number of nitrogens with zero attached hydrogens (tertiary/aromatic N) is 2. The number of hydrogen-bond acceptors (Lipinski definition) is 3. The fourth-order valence-electron chi connectivity index (χ4n) is 3.34. The van der Waals surface area contributed by atoms with Crippen LogP contribution in [-0.4, -0.2) is 38.2 Å². The van der Waals surface area contributed by atoms with E-state index in [1.54, 1.807) is 16.9 Å². The number of ether oxygens (including phenoxy) is 1. The average Bonchev–Trinajstić information content (AvgIpc) is 3.09. The van der Waals surface area contributed by atoms with Crippen LogP contribution in [0.2, 0.25) is 0 Å². The van der Waals surface area contributed by atoms with Gasteiger partial charge in [0.15, 0.2) is 0 Å². The van der Waals surface area contributed by atoms with Crippen molar-refractivity contribution < 1.29 is 14.3 Å². The third-order valence-corrected chi connectivity index (χ3v) is 4.89. The molecule has 1 N–H and O–H groups in total. The highest BCUT2D eigenvalue weighted by Gasteiger charge is 2.32. The van der Waals surface area contributed by atoms with E-state index in [1.165, 1.54) is 0 Å². The number of para-hydroxylation sites is 1. The van der Waals surface area contributed by atoms with Crippen molar-refractivity contribution >= 4 is 23.3 Å². The minimum Gasteiger partial charge on any atom is -0.497 e. The van der Waals surface area contributed by atoms with E-state index in [4.69, 9.17) is 4.74 Å². The highest BCUT2D eigenvalue weighted by molar-refractivity contribution is 5.98. The van der Waals surface area contributed by atoms with Gasteiger partial charge in [-0.2, -0.15) is 0 Å². The van der Waals surface area contributed by atoms with Crippen LogP contribution in [0.5, 0.6) is 5.75 Å². The van der Waals surface area contributed by atoms with Gasteiger partial charge in [0.2, 0.25) is 5.91 Å². The van der Waals surface area contributed by atoms with Crippen LogP contribution in [0.3, 0.4) is 0 Å². The molecule has 148 valence electrons. The van der Waals surface area contributed by atoms with Gasteiger partial charge in [-0.3, -0.25) is 9.69 Å². The summed E-state index contributed by atoms with van der Waals surface area (Å²) >= 11 is 0. The topological polar surface area (TPSA) is 61.9 Å². The molecule has 0 bridgehead atoms. The van der Waals surface area contributed by atoms with Gasteiger partial charge in [-0.25, -0.2) is 4.79 Å². The minimum atomic E-state index is -0.213. The van der Waals surface area contributed by atoms with Gasteiger partial charge in [-0.05, 0) is 42.8 Å². The zero-order chi connectivity index (χ0) is 19.9. The third-order valence-electron chi connectivity index (χ3n) is 4.89. The van der Waals surface area contributed by atoms with Crippen molar-refractivity contribution in [3.8, 4) is 5.75 Å². The number of amides is 3. The highest BCUT2D eigenvalue weighted by Crippen LogP contribution is 2.24. The van der Waals surface area contributed by atoms with Crippen LogP contribution in [0.4, 0.5) is 16.2 Å². The zero-order valence-electron chi connectivity index (χ0n) is 16.4. The van der Waals surface area contributed by atoms with E-state index in [1.807, 2.05) is 54.6 Å².